The summed E-state index contributed by atoms with van der Waals surface area (Å²) in [6, 6.07) is 9.37. The first kappa shape index (κ1) is 23.1. The van der Waals surface area contributed by atoms with Crippen LogP contribution in [0, 0.1) is 5.92 Å². The van der Waals surface area contributed by atoms with Crippen molar-refractivity contribution in [1.82, 2.24) is 0 Å². The van der Waals surface area contributed by atoms with Gasteiger partial charge in [0.25, 0.3) is 0 Å². The molecule has 0 saturated heterocycles. The van der Waals surface area contributed by atoms with Gasteiger partial charge in [-0.15, -0.1) is 0 Å². The molecule has 0 spiro atoms. The molecule has 0 radical (unpaired) electrons. The number of benzene rings is 2. The molecule has 1 amide bonds. The molecule has 0 saturated carbocycles. The zero-order chi connectivity index (χ0) is 23.4. The number of rotatable bonds is 8. The molecule has 3 aromatic rings. The van der Waals surface area contributed by atoms with Crippen molar-refractivity contribution in [2.24, 2.45) is 11.7 Å². The summed E-state index contributed by atoms with van der Waals surface area (Å²) in [6.45, 7) is 3.92. The van der Waals surface area contributed by atoms with Crippen LogP contribution in [-0.2, 0) is 4.79 Å². The van der Waals surface area contributed by atoms with Gasteiger partial charge in [-0.3, -0.25) is 9.59 Å². The Balaban J connectivity index is 2.05. The Hall–Kier alpha value is -3.52. The van der Waals surface area contributed by atoms with E-state index in [-0.39, 0.29) is 34.0 Å². The van der Waals surface area contributed by atoms with Crippen molar-refractivity contribution in [2.75, 3.05) is 26.6 Å². The first-order valence-electron chi connectivity index (χ1n) is 10.3. The molecule has 170 valence electrons. The Bertz CT molecular complexity index is 1190. The number of hydrogen-bond acceptors (Lipinski definition) is 7. The smallest absolute Gasteiger partial charge is 0.241 e. The Morgan fingerprint density at radius 1 is 1.09 bits per heavy atom. The van der Waals surface area contributed by atoms with E-state index in [2.05, 4.69) is 5.32 Å². The van der Waals surface area contributed by atoms with Gasteiger partial charge in [0, 0.05) is 23.4 Å². The Labute approximate surface area is 186 Å². The largest absolute Gasteiger partial charge is 0.493 e. The average molecular weight is 440 g/mol. The van der Waals surface area contributed by atoms with Gasteiger partial charge in [-0.25, -0.2) is 0 Å². The molecule has 3 rings (SSSR count). The van der Waals surface area contributed by atoms with Gasteiger partial charge >= 0.3 is 0 Å². The lowest BCUT2D eigenvalue weighted by Crippen LogP contribution is -2.40. The van der Waals surface area contributed by atoms with E-state index in [9.17, 15) is 9.59 Å². The fourth-order valence-corrected chi connectivity index (χ4v) is 3.42. The van der Waals surface area contributed by atoms with Crippen molar-refractivity contribution in [3.05, 3.63) is 46.6 Å². The summed E-state index contributed by atoms with van der Waals surface area (Å²) >= 11 is 0. The molecular formula is C24H28N2O6. The molecule has 3 N–H and O–H groups in total. The molecule has 0 aliphatic carbocycles. The minimum atomic E-state index is -0.614. The highest BCUT2D eigenvalue weighted by molar-refractivity contribution is 5.95. The van der Waals surface area contributed by atoms with E-state index in [0.29, 0.717) is 28.5 Å². The number of methoxy groups -OCH3 is 3. The van der Waals surface area contributed by atoms with Crippen molar-refractivity contribution in [3.8, 4) is 28.6 Å². The van der Waals surface area contributed by atoms with Gasteiger partial charge in [-0.1, -0.05) is 32.4 Å². The summed E-state index contributed by atoms with van der Waals surface area (Å²) in [5.74, 6) is 1.04. The first-order valence-corrected chi connectivity index (χ1v) is 10.3. The van der Waals surface area contributed by atoms with Crippen LogP contribution in [0.25, 0.3) is 22.3 Å². The number of carbonyl (C=O) groups is 1. The lowest BCUT2D eigenvalue weighted by molar-refractivity contribution is -0.118. The van der Waals surface area contributed by atoms with Crippen LogP contribution in [0.3, 0.4) is 0 Å². The van der Waals surface area contributed by atoms with E-state index in [1.54, 1.807) is 30.3 Å². The highest BCUT2D eigenvalue weighted by Crippen LogP contribution is 2.42. The molecule has 0 fully saturated rings. The number of nitrogens with one attached hydrogen (secondary N) is 1. The second-order valence-electron chi connectivity index (χ2n) is 7.47. The number of fused-ring (bicyclic) bond motifs is 1. The molecular weight excluding hydrogens is 412 g/mol. The van der Waals surface area contributed by atoms with E-state index in [1.165, 1.54) is 27.4 Å². The van der Waals surface area contributed by atoms with E-state index >= 15 is 0 Å². The van der Waals surface area contributed by atoms with Crippen LogP contribution in [0.15, 0.2) is 45.6 Å². The number of hydrogen-bond donors (Lipinski definition) is 2. The molecule has 0 bridgehead atoms. The summed E-state index contributed by atoms with van der Waals surface area (Å²) in [5.41, 5.74) is 7.18. The molecule has 32 heavy (non-hydrogen) atoms. The molecule has 1 aromatic heterocycles. The maximum atomic E-state index is 13.0. The average Bonchev–Trinajstić information content (AvgIpc) is 2.81. The van der Waals surface area contributed by atoms with Gasteiger partial charge in [-0.2, -0.15) is 0 Å². The molecule has 1 heterocycles. The minimum Gasteiger partial charge on any atom is -0.493 e. The summed E-state index contributed by atoms with van der Waals surface area (Å²) < 4.78 is 22.1. The van der Waals surface area contributed by atoms with Crippen LogP contribution >= 0.6 is 0 Å². The summed E-state index contributed by atoms with van der Waals surface area (Å²) in [6.07, 6.45) is 0.800. The zero-order valence-corrected chi connectivity index (χ0v) is 18.9. The first-order chi connectivity index (χ1) is 15.3. The normalized spacial score (nSPS) is 12.8. The summed E-state index contributed by atoms with van der Waals surface area (Å²) in [7, 11) is 4.40. The third-order valence-electron chi connectivity index (χ3n) is 5.50. The lowest BCUT2D eigenvalue weighted by Gasteiger charge is -2.18. The minimum absolute atomic E-state index is 0.0543. The van der Waals surface area contributed by atoms with Crippen molar-refractivity contribution in [1.29, 1.82) is 0 Å². The third kappa shape index (κ3) is 4.40. The van der Waals surface area contributed by atoms with Gasteiger partial charge in [-0.05, 0) is 18.1 Å². The van der Waals surface area contributed by atoms with E-state index in [1.807, 2.05) is 13.8 Å². The molecule has 0 aliphatic rings. The maximum absolute atomic E-state index is 13.0. The second-order valence-corrected chi connectivity index (χ2v) is 7.47. The van der Waals surface area contributed by atoms with Gasteiger partial charge < -0.3 is 29.7 Å². The van der Waals surface area contributed by atoms with Crippen molar-refractivity contribution >= 4 is 22.6 Å². The molecule has 8 nitrogen and oxygen atoms in total. The lowest BCUT2D eigenvalue weighted by atomic mass is 9.99. The maximum Gasteiger partial charge on any atom is 0.241 e. The van der Waals surface area contributed by atoms with Crippen molar-refractivity contribution < 1.29 is 23.4 Å². The standard InChI is InChI=1S/C24H28N2O6/c1-6-13(2)21(25)24(28)26-15-9-7-8-14(10-15)17-11-16(27)20-18(32-17)12-19(29-3)22(30-4)23(20)31-5/h7-13,21H,6,25H2,1-5H3,(H,26,28)/t13?,21-/m0/s1. The number of carbonyl (C=O) groups excluding carboxylic acids is 1. The predicted molar refractivity (Wildman–Crippen MR) is 124 cm³/mol. The van der Waals surface area contributed by atoms with Crippen LogP contribution in [0.2, 0.25) is 0 Å². The number of nitrogens with two attached hydrogens (primary N) is 1. The molecule has 0 aliphatic heterocycles. The van der Waals surface area contributed by atoms with E-state index < -0.39 is 6.04 Å². The molecule has 2 atom stereocenters. The topological polar surface area (TPSA) is 113 Å². The number of anilines is 1. The molecule has 8 heteroatoms. The molecule has 1 unspecified atom stereocenters. The Kier molecular flexibility index (Phi) is 7.05. The van der Waals surface area contributed by atoms with Crippen molar-refractivity contribution in [3.63, 3.8) is 0 Å². The van der Waals surface area contributed by atoms with Gasteiger partial charge in [0.05, 0.1) is 27.4 Å². The quantitative estimate of drug-likeness (QED) is 0.548. The Morgan fingerprint density at radius 2 is 1.81 bits per heavy atom. The van der Waals surface area contributed by atoms with Crippen LogP contribution in [0.5, 0.6) is 17.2 Å². The number of amides is 1. The summed E-state index contributed by atoms with van der Waals surface area (Å²) in [4.78, 5) is 25.4. The van der Waals surface area contributed by atoms with Crippen molar-refractivity contribution in [2.45, 2.75) is 26.3 Å². The van der Waals surface area contributed by atoms with Crippen LogP contribution in [-0.4, -0.2) is 33.3 Å². The predicted octanol–water partition coefficient (Wildman–Crippen LogP) is 3.80. The monoisotopic (exact) mass is 440 g/mol. The second kappa shape index (κ2) is 9.74. The highest BCUT2D eigenvalue weighted by atomic mass is 16.5. The number of ether oxygens (including phenoxy) is 3. The van der Waals surface area contributed by atoms with Gasteiger partial charge in [0.15, 0.2) is 16.9 Å². The highest BCUT2D eigenvalue weighted by Gasteiger charge is 2.22. The Morgan fingerprint density at radius 3 is 2.44 bits per heavy atom. The van der Waals surface area contributed by atoms with Crippen LogP contribution in [0.1, 0.15) is 20.3 Å². The van der Waals surface area contributed by atoms with Gasteiger partial charge in [0.2, 0.25) is 11.7 Å². The van der Waals surface area contributed by atoms with Crippen LogP contribution < -0.4 is 30.7 Å². The van der Waals surface area contributed by atoms with E-state index in [4.69, 9.17) is 24.4 Å². The SMILES string of the molecule is CCC(C)[C@H](N)C(=O)Nc1cccc(-c2cc(=O)c3c(OC)c(OC)c(OC)cc3o2)c1. The fourth-order valence-electron chi connectivity index (χ4n) is 3.42. The fraction of sp³-hybridized carbons (Fsp3) is 0.333. The molecule has 2 aromatic carbocycles. The van der Waals surface area contributed by atoms with Crippen LogP contribution in [0.4, 0.5) is 5.69 Å². The zero-order valence-electron chi connectivity index (χ0n) is 18.9. The third-order valence-corrected chi connectivity index (χ3v) is 5.50. The van der Waals surface area contributed by atoms with E-state index in [0.717, 1.165) is 6.42 Å². The summed E-state index contributed by atoms with van der Waals surface area (Å²) in [5, 5.41) is 3.08. The van der Waals surface area contributed by atoms with Gasteiger partial charge in [0.1, 0.15) is 16.7 Å².